The Morgan fingerprint density at radius 2 is 2.16 bits per heavy atom. The van der Waals surface area contributed by atoms with Crippen LogP contribution in [0.5, 0.6) is 0 Å². The molecule has 2 amide bonds. The first-order chi connectivity index (χ1) is 12.1. The van der Waals surface area contributed by atoms with Crippen molar-refractivity contribution in [3.05, 3.63) is 41.7 Å². The highest BCUT2D eigenvalue weighted by Crippen LogP contribution is 2.16. The summed E-state index contributed by atoms with van der Waals surface area (Å²) in [4.78, 5) is 14.2. The third kappa shape index (κ3) is 3.94. The van der Waals surface area contributed by atoms with E-state index in [0.29, 0.717) is 13.2 Å². The number of ether oxygens (including phenoxy) is 1. The third-order valence-corrected chi connectivity index (χ3v) is 4.49. The van der Waals surface area contributed by atoms with Crippen LogP contribution < -0.4 is 5.32 Å². The predicted molar refractivity (Wildman–Crippen MR) is 95.2 cm³/mol. The Morgan fingerprint density at radius 1 is 1.36 bits per heavy atom. The van der Waals surface area contributed by atoms with Crippen molar-refractivity contribution >= 4 is 28.8 Å². The van der Waals surface area contributed by atoms with Crippen molar-refractivity contribution in [3.63, 3.8) is 0 Å². The summed E-state index contributed by atoms with van der Waals surface area (Å²) in [6, 6.07) is 7.26. The first-order valence-electron chi connectivity index (χ1n) is 7.78. The number of nitrogens with one attached hydrogen (secondary N) is 1. The lowest BCUT2D eigenvalue weighted by Crippen LogP contribution is -2.41. The largest absolute Gasteiger partial charge is 0.382 e. The number of hydrogen-bond acceptors (Lipinski definition) is 6. The van der Waals surface area contributed by atoms with Gasteiger partial charge in [-0.05, 0) is 23.8 Å². The molecule has 1 unspecified atom stereocenters. The van der Waals surface area contributed by atoms with E-state index in [0.717, 1.165) is 22.3 Å². The summed E-state index contributed by atoms with van der Waals surface area (Å²) in [6.45, 7) is 0.847. The molecule has 0 fully saturated rings. The molecule has 9 heteroatoms. The topological polar surface area (TPSA) is 85.2 Å². The number of aromatic nitrogens is 4. The van der Waals surface area contributed by atoms with Crippen LogP contribution in [0.2, 0.25) is 0 Å². The van der Waals surface area contributed by atoms with Crippen LogP contribution in [0, 0.1) is 0 Å². The summed E-state index contributed by atoms with van der Waals surface area (Å²) in [5.41, 5.74) is 3.61. The first-order valence-corrected chi connectivity index (χ1v) is 8.51. The highest BCUT2D eigenvalue weighted by molar-refractivity contribution is 7.00. The van der Waals surface area contributed by atoms with Gasteiger partial charge in [-0.1, -0.05) is 6.07 Å². The number of carbonyl (C=O) groups is 1. The van der Waals surface area contributed by atoms with Gasteiger partial charge in [-0.2, -0.15) is 13.8 Å². The third-order valence-electron chi connectivity index (χ3n) is 3.93. The zero-order valence-electron chi connectivity index (χ0n) is 14.3. The van der Waals surface area contributed by atoms with Gasteiger partial charge in [0, 0.05) is 33.9 Å². The number of methoxy groups -OCH3 is 1. The van der Waals surface area contributed by atoms with Crippen LogP contribution in [-0.2, 0) is 18.3 Å². The Labute approximate surface area is 149 Å². The van der Waals surface area contributed by atoms with Gasteiger partial charge in [0.2, 0.25) is 0 Å². The number of urea groups is 1. The van der Waals surface area contributed by atoms with Crippen molar-refractivity contribution in [2.75, 3.05) is 20.8 Å². The monoisotopic (exact) mass is 360 g/mol. The molecule has 2 heterocycles. The number of hydrogen-bond donors (Lipinski definition) is 1. The van der Waals surface area contributed by atoms with E-state index in [-0.39, 0.29) is 12.1 Å². The van der Waals surface area contributed by atoms with Crippen LogP contribution in [0.25, 0.3) is 11.0 Å². The molecule has 0 aliphatic carbocycles. The molecule has 8 nitrogen and oxygen atoms in total. The standard InChI is InChI=1S/C16H20N6O2S/c1-21(9-11-4-5-12-13(8-11)20-25-19-12)16(23)18-14(10-24-3)15-6-7-17-22(15)2/h4-8,14H,9-10H2,1-3H3,(H,18,23). The summed E-state index contributed by atoms with van der Waals surface area (Å²) < 4.78 is 15.4. The first kappa shape index (κ1) is 17.3. The second-order valence-electron chi connectivity index (χ2n) is 5.78. The van der Waals surface area contributed by atoms with Gasteiger partial charge in [0.05, 0.1) is 30.1 Å². The quantitative estimate of drug-likeness (QED) is 0.726. The fourth-order valence-corrected chi connectivity index (χ4v) is 3.14. The van der Waals surface area contributed by atoms with Crippen molar-refractivity contribution in [1.82, 2.24) is 28.7 Å². The van der Waals surface area contributed by atoms with E-state index in [1.807, 2.05) is 31.3 Å². The molecule has 2 aromatic heterocycles. The maximum absolute atomic E-state index is 12.6. The lowest BCUT2D eigenvalue weighted by Gasteiger charge is -2.23. The summed E-state index contributed by atoms with van der Waals surface area (Å²) >= 11 is 1.19. The van der Waals surface area contributed by atoms with Crippen molar-refractivity contribution in [2.24, 2.45) is 7.05 Å². The molecule has 0 aliphatic heterocycles. The van der Waals surface area contributed by atoms with Crippen LogP contribution in [0.15, 0.2) is 30.5 Å². The zero-order chi connectivity index (χ0) is 17.8. The Morgan fingerprint density at radius 3 is 2.88 bits per heavy atom. The fourth-order valence-electron chi connectivity index (χ4n) is 2.62. The molecule has 0 saturated heterocycles. The molecule has 0 radical (unpaired) electrons. The van der Waals surface area contributed by atoms with E-state index in [1.54, 1.807) is 29.9 Å². The van der Waals surface area contributed by atoms with Crippen LogP contribution in [0.3, 0.4) is 0 Å². The van der Waals surface area contributed by atoms with Gasteiger partial charge in [-0.3, -0.25) is 4.68 Å². The minimum atomic E-state index is -0.266. The van der Waals surface area contributed by atoms with E-state index >= 15 is 0 Å². The van der Waals surface area contributed by atoms with E-state index < -0.39 is 0 Å². The zero-order valence-corrected chi connectivity index (χ0v) is 15.2. The number of carbonyl (C=O) groups excluding carboxylic acids is 1. The molecule has 132 valence electrons. The van der Waals surface area contributed by atoms with Crippen LogP contribution in [0.4, 0.5) is 4.79 Å². The minimum absolute atomic E-state index is 0.181. The molecular weight excluding hydrogens is 340 g/mol. The van der Waals surface area contributed by atoms with Crippen molar-refractivity contribution in [1.29, 1.82) is 0 Å². The van der Waals surface area contributed by atoms with Gasteiger partial charge >= 0.3 is 6.03 Å². The average Bonchev–Trinajstić information content (AvgIpc) is 3.22. The van der Waals surface area contributed by atoms with Crippen LogP contribution in [0.1, 0.15) is 17.3 Å². The Balaban J connectivity index is 1.67. The van der Waals surface area contributed by atoms with Crippen molar-refractivity contribution in [2.45, 2.75) is 12.6 Å². The van der Waals surface area contributed by atoms with Crippen LogP contribution >= 0.6 is 11.7 Å². The number of nitrogens with zero attached hydrogens (tertiary/aromatic N) is 5. The maximum atomic E-state index is 12.6. The van der Waals surface area contributed by atoms with Gasteiger partial charge < -0.3 is 15.0 Å². The highest BCUT2D eigenvalue weighted by atomic mass is 32.1. The Hall–Kier alpha value is -2.52. The average molecular weight is 360 g/mol. The highest BCUT2D eigenvalue weighted by Gasteiger charge is 2.20. The molecule has 0 aliphatic rings. The van der Waals surface area contributed by atoms with Crippen LogP contribution in [-0.4, -0.2) is 50.2 Å². The van der Waals surface area contributed by atoms with E-state index in [1.165, 1.54) is 11.7 Å². The van der Waals surface area contributed by atoms with E-state index in [2.05, 4.69) is 19.2 Å². The van der Waals surface area contributed by atoms with Gasteiger partial charge in [0.15, 0.2) is 0 Å². The predicted octanol–water partition coefficient (Wildman–Crippen LogP) is 1.95. The van der Waals surface area contributed by atoms with Gasteiger partial charge in [-0.15, -0.1) is 0 Å². The molecule has 0 spiro atoms. The molecule has 1 N–H and O–H groups in total. The molecule has 0 bridgehead atoms. The molecular formula is C16H20N6O2S. The molecule has 1 atom stereocenters. The number of aryl methyl sites for hydroxylation is 1. The lowest BCUT2D eigenvalue weighted by atomic mass is 10.2. The second-order valence-corrected chi connectivity index (χ2v) is 6.31. The molecule has 1 aromatic carbocycles. The second kappa shape index (κ2) is 7.58. The van der Waals surface area contributed by atoms with Gasteiger partial charge in [-0.25, -0.2) is 4.79 Å². The summed E-state index contributed by atoms with van der Waals surface area (Å²) in [7, 11) is 5.20. The number of benzene rings is 1. The smallest absolute Gasteiger partial charge is 0.318 e. The van der Waals surface area contributed by atoms with Crippen molar-refractivity contribution in [3.8, 4) is 0 Å². The van der Waals surface area contributed by atoms with E-state index in [4.69, 9.17) is 4.74 Å². The van der Waals surface area contributed by atoms with Gasteiger partial charge in [0.25, 0.3) is 0 Å². The normalized spacial score (nSPS) is 12.3. The maximum Gasteiger partial charge on any atom is 0.318 e. The van der Waals surface area contributed by atoms with Gasteiger partial charge in [0.1, 0.15) is 11.0 Å². The SMILES string of the molecule is COCC(NC(=O)N(C)Cc1ccc2nsnc2c1)c1ccnn1C. The fraction of sp³-hybridized carbons (Fsp3) is 0.375. The number of rotatable bonds is 6. The Kier molecular flexibility index (Phi) is 5.25. The number of fused-ring (bicyclic) bond motifs is 1. The molecule has 0 saturated carbocycles. The van der Waals surface area contributed by atoms with Crippen molar-refractivity contribution < 1.29 is 9.53 Å². The lowest BCUT2D eigenvalue weighted by molar-refractivity contribution is 0.154. The summed E-state index contributed by atoms with van der Waals surface area (Å²) in [5, 5.41) is 7.14. The minimum Gasteiger partial charge on any atom is -0.382 e. The summed E-state index contributed by atoms with van der Waals surface area (Å²) in [6.07, 6.45) is 1.70. The van der Waals surface area contributed by atoms with E-state index in [9.17, 15) is 4.79 Å². The molecule has 3 aromatic rings. The Bertz CT molecular complexity index is 861. The molecule has 3 rings (SSSR count). The summed E-state index contributed by atoms with van der Waals surface area (Å²) in [5.74, 6) is 0. The molecule has 25 heavy (non-hydrogen) atoms. The number of amides is 2.